The summed E-state index contributed by atoms with van der Waals surface area (Å²) in [4.78, 5) is 37.2. The normalized spacial score (nSPS) is 14.9. The largest absolute Gasteiger partial charge is 0.345 e. The predicted molar refractivity (Wildman–Crippen MR) is 92.7 cm³/mol. The molecule has 4 amide bonds. The molecule has 2 N–H and O–H groups in total. The maximum atomic E-state index is 13.9. The number of nitrogens with one attached hydrogen (secondary N) is 2. The molecule has 134 valence electrons. The van der Waals surface area contributed by atoms with E-state index in [2.05, 4.69) is 10.6 Å². The van der Waals surface area contributed by atoms with Gasteiger partial charge < -0.3 is 10.6 Å². The standard InChI is InChI=1S/C19H18FN3O3/c1-12(14-7-4-5-9-16(14)20)22-18(25)15-8-3-2-6-13(15)11-23-17(24)10-21-19(23)26/h2-9,12H,10-11H2,1H3,(H,21,26)(H,22,25). The molecule has 0 bridgehead atoms. The summed E-state index contributed by atoms with van der Waals surface area (Å²) < 4.78 is 13.9. The van der Waals surface area contributed by atoms with Gasteiger partial charge in [-0.3, -0.25) is 14.5 Å². The fourth-order valence-corrected chi connectivity index (χ4v) is 2.84. The first-order valence-electron chi connectivity index (χ1n) is 8.18. The fraction of sp³-hybridized carbons (Fsp3) is 0.211. The Morgan fingerprint density at radius 2 is 1.88 bits per heavy atom. The summed E-state index contributed by atoms with van der Waals surface area (Å²) >= 11 is 0. The molecule has 1 heterocycles. The zero-order chi connectivity index (χ0) is 18.7. The summed E-state index contributed by atoms with van der Waals surface area (Å²) in [7, 11) is 0. The van der Waals surface area contributed by atoms with Gasteiger partial charge >= 0.3 is 6.03 Å². The Morgan fingerprint density at radius 1 is 1.19 bits per heavy atom. The predicted octanol–water partition coefficient (Wildman–Crippen LogP) is 2.37. The zero-order valence-electron chi connectivity index (χ0n) is 14.2. The van der Waals surface area contributed by atoms with Gasteiger partial charge in [0, 0.05) is 11.1 Å². The summed E-state index contributed by atoms with van der Waals surface area (Å²) in [5.41, 5.74) is 1.26. The summed E-state index contributed by atoms with van der Waals surface area (Å²) in [6, 6.07) is 11.9. The lowest BCUT2D eigenvalue weighted by atomic mass is 10.0. The number of urea groups is 1. The van der Waals surface area contributed by atoms with E-state index in [1.165, 1.54) is 6.07 Å². The Bertz CT molecular complexity index is 853. The second-order valence-electron chi connectivity index (χ2n) is 6.01. The van der Waals surface area contributed by atoms with E-state index in [0.717, 1.165) is 4.90 Å². The van der Waals surface area contributed by atoms with E-state index in [4.69, 9.17) is 0 Å². The minimum atomic E-state index is -0.534. The molecule has 1 fully saturated rings. The SMILES string of the molecule is CC(NC(=O)c1ccccc1CN1C(=O)CNC1=O)c1ccccc1F. The fourth-order valence-electron chi connectivity index (χ4n) is 2.84. The molecule has 0 spiro atoms. The number of imide groups is 1. The first-order valence-corrected chi connectivity index (χ1v) is 8.18. The first kappa shape index (κ1) is 17.6. The zero-order valence-corrected chi connectivity index (χ0v) is 14.2. The van der Waals surface area contributed by atoms with Gasteiger partial charge in [-0.05, 0) is 24.6 Å². The van der Waals surface area contributed by atoms with Gasteiger partial charge in [-0.15, -0.1) is 0 Å². The second kappa shape index (κ2) is 7.35. The molecule has 7 heteroatoms. The molecule has 1 aliphatic heterocycles. The van der Waals surface area contributed by atoms with Crippen LogP contribution in [0.3, 0.4) is 0 Å². The molecule has 2 aromatic rings. The Morgan fingerprint density at radius 3 is 2.58 bits per heavy atom. The molecule has 0 aromatic heterocycles. The quantitative estimate of drug-likeness (QED) is 0.808. The van der Waals surface area contributed by atoms with Crippen molar-refractivity contribution in [3.8, 4) is 0 Å². The van der Waals surface area contributed by atoms with Crippen molar-refractivity contribution in [1.29, 1.82) is 0 Å². The van der Waals surface area contributed by atoms with Crippen LogP contribution in [0.2, 0.25) is 0 Å². The van der Waals surface area contributed by atoms with Crippen LogP contribution in [0, 0.1) is 5.82 Å². The number of carbonyl (C=O) groups is 3. The van der Waals surface area contributed by atoms with Gasteiger partial charge in [0.1, 0.15) is 5.82 Å². The summed E-state index contributed by atoms with van der Waals surface area (Å²) in [6.45, 7) is 1.65. The van der Waals surface area contributed by atoms with E-state index in [-0.39, 0.29) is 19.0 Å². The van der Waals surface area contributed by atoms with Crippen LogP contribution >= 0.6 is 0 Å². The van der Waals surface area contributed by atoms with Crippen molar-refractivity contribution in [3.05, 3.63) is 71.0 Å². The molecule has 2 aromatic carbocycles. The maximum absolute atomic E-state index is 13.9. The topological polar surface area (TPSA) is 78.5 Å². The third-order valence-corrected chi connectivity index (χ3v) is 4.25. The third-order valence-electron chi connectivity index (χ3n) is 4.25. The number of halogens is 1. The van der Waals surface area contributed by atoms with Gasteiger partial charge in [0.2, 0.25) is 5.91 Å². The van der Waals surface area contributed by atoms with Crippen LogP contribution in [-0.4, -0.2) is 29.3 Å². The molecule has 0 saturated carbocycles. The van der Waals surface area contributed by atoms with Crippen LogP contribution in [0.1, 0.15) is 34.5 Å². The summed E-state index contributed by atoms with van der Waals surface area (Å²) in [5.74, 6) is -1.14. The second-order valence-corrected chi connectivity index (χ2v) is 6.01. The van der Waals surface area contributed by atoms with Crippen LogP contribution in [0.15, 0.2) is 48.5 Å². The molecule has 1 atom stereocenters. The molecule has 1 saturated heterocycles. The van der Waals surface area contributed by atoms with Gasteiger partial charge in [-0.1, -0.05) is 36.4 Å². The van der Waals surface area contributed by atoms with Gasteiger partial charge in [-0.25, -0.2) is 9.18 Å². The number of benzene rings is 2. The van der Waals surface area contributed by atoms with Crippen molar-refractivity contribution < 1.29 is 18.8 Å². The molecule has 1 aliphatic rings. The molecule has 26 heavy (non-hydrogen) atoms. The van der Waals surface area contributed by atoms with Gasteiger partial charge in [-0.2, -0.15) is 0 Å². The van der Waals surface area contributed by atoms with Crippen LogP contribution in [0.5, 0.6) is 0 Å². The third kappa shape index (κ3) is 3.56. The van der Waals surface area contributed by atoms with Crippen LogP contribution in [0.25, 0.3) is 0 Å². The molecular weight excluding hydrogens is 337 g/mol. The van der Waals surface area contributed by atoms with Gasteiger partial charge in [0.05, 0.1) is 19.1 Å². The molecular formula is C19H18FN3O3. The molecule has 1 unspecified atom stereocenters. The molecule has 3 rings (SSSR count). The number of carbonyl (C=O) groups excluding carboxylic acids is 3. The van der Waals surface area contributed by atoms with Crippen molar-refractivity contribution >= 4 is 17.8 Å². The number of hydrogen-bond acceptors (Lipinski definition) is 3. The van der Waals surface area contributed by atoms with Crippen molar-refractivity contribution in [3.63, 3.8) is 0 Å². The monoisotopic (exact) mass is 355 g/mol. The highest BCUT2D eigenvalue weighted by Gasteiger charge is 2.29. The highest BCUT2D eigenvalue weighted by molar-refractivity contribution is 6.02. The average Bonchev–Trinajstić information content (AvgIpc) is 2.94. The van der Waals surface area contributed by atoms with E-state index >= 15 is 0 Å². The number of rotatable bonds is 5. The molecule has 6 nitrogen and oxygen atoms in total. The number of hydrogen-bond donors (Lipinski definition) is 2. The highest BCUT2D eigenvalue weighted by Crippen LogP contribution is 2.19. The average molecular weight is 355 g/mol. The molecule has 0 aliphatic carbocycles. The van der Waals surface area contributed by atoms with Gasteiger partial charge in [0.25, 0.3) is 5.91 Å². The first-order chi connectivity index (χ1) is 12.5. The minimum absolute atomic E-state index is 0.00232. The Kier molecular flexibility index (Phi) is 4.97. The van der Waals surface area contributed by atoms with Crippen LogP contribution in [-0.2, 0) is 11.3 Å². The number of amides is 4. The van der Waals surface area contributed by atoms with E-state index in [1.54, 1.807) is 49.4 Å². The summed E-state index contributed by atoms with van der Waals surface area (Å²) in [6.07, 6.45) is 0. The van der Waals surface area contributed by atoms with Crippen molar-refractivity contribution in [2.24, 2.45) is 0 Å². The molecule has 0 radical (unpaired) electrons. The van der Waals surface area contributed by atoms with Crippen LogP contribution in [0.4, 0.5) is 9.18 Å². The smallest absolute Gasteiger partial charge is 0.324 e. The van der Waals surface area contributed by atoms with Crippen molar-refractivity contribution in [2.45, 2.75) is 19.5 Å². The lowest BCUT2D eigenvalue weighted by Crippen LogP contribution is -2.32. The Hall–Kier alpha value is -3.22. The van der Waals surface area contributed by atoms with Crippen molar-refractivity contribution in [2.75, 3.05) is 6.54 Å². The van der Waals surface area contributed by atoms with E-state index in [9.17, 15) is 18.8 Å². The summed E-state index contributed by atoms with van der Waals surface area (Å²) in [5, 5.41) is 5.20. The maximum Gasteiger partial charge on any atom is 0.324 e. The van der Waals surface area contributed by atoms with E-state index < -0.39 is 23.8 Å². The minimum Gasteiger partial charge on any atom is -0.345 e. The van der Waals surface area contributed by atoms with E-state index in [1.807, 2.05) is 0 Å². The number of nitrogens with zero attached hydrogens (tertiary/aromatic N) is 1. The van der Waals surface area contributed by atoms with Crippen molar-refractivity contribution in [1.82, 2.24) is 15.5 Å². The highest BCUT2D eigenvalue weighted by atomic mass is 19.1. The van der Waals surface area contributed by atoms with Crippen LogP contribution < -0.4 is 10.6 Å². The Labute approximate surface area is 150 Å². The lowest BCUT2D eigenvalue weighted by molar-refractivity contribution is -0.125. The Balaban J connectivity index is 1.79. The lowest BCUT2D eigenvalue weighted by Gasteiger charge is -2.18. The van der Waals surface area contributed by atoms with Gasteiger partial charge in [0.15, 0.2) is 0 Å². The van der Waals surface area contributed by atoms with E-state index in [0.29, 0.717) is 16.7 Å².